The summed E-state index contributed by atoms with van der Waals surface area (Å²) < 4.78 is 11.0. The van der Waals surface area contributed by atoms with E-state index in [1.165, 1.54) is 5.56 Å². The third kappa shape index (κ3) is 2.86. The van der Waals surface area contributed by atoms with Crippen molar-refractivity contribution in [1.82, 2.24) is 0 Å². The van der Waals surface area contributed by atoms with Gasteiger partial charge in [-0.05, 0) is 25.8 Å². The lowest BCUT2D eigenvalue weighted by Crippen LogP contribution is -2.45. The summed E-state index contributed by atoms with van der Waals surface area (Å²) in [5.41, 5.74) is 1.04. The molecular weight excluding hydrogens is 214 g/mol. The van der Waals surface area contributed by atoms with Gasteiger partial charge in [-0.15, -0.1) is 0 Å². The molecule has 0 spiro atoms. The highest BCUT2D eigenvalue weighted by molar-refractivity contribution is 5.78. The molecule has 3 nitrogen and oxygen atoms in total. The summed E-state index contributed by atoms with van der Waals surface area (Å²) in [5.74, 6) is 0.685. The third-order valence-electron chi connectivity index (χ3n) is 3.18. The lowest BCUT2D eigenvalue weighted by molar-refractivity contribution is -0.0318. The average Bonchev–Trinajstić information content (AvgIpc) is 2.33. The number of hydrogen-bond acceptors (Lipinski definition) is 3. The van der Waals surface area contributed by atoms with E-state index in [1.807, 2.05) is 18.2 Å². The highest BCUT2D eigenvalue weighted by Crippen LogP contribution is 2.25. The number of aliphatic imine (C=N–C) groups is 1. The van der Waals surface area contributed by atoms with Crippen molar-refractivity contribution in [1.29, 1.82) is 0 Å². The van der Waals surface area contributed by atoms with E-state index in [1.54, 1.807) is 7.11 Å². The molecule has 0 amide bonds. The Morgan fingerprint density at radius 3 is 2.71 bits per heavy atom. The Kier molecular flexibility index (Phi) is 3.48. The molecule has 92 valence electrons. The number of benzene rings is 1. The summed E-state index contributed by atoms with van der Waals surface area (Å²) in [6, 6.07) is 10.5. The zero-order valence-electron chi connectivity index (χ0n) is 10.6. The van der Waals surface area contributed by atoms with Gasteiger partial charge in [-0.2, -0.15) is 0 Å². The predicted octanol–water partition coefficient (Wildman–Crippen LogP) is 2.45. The minimum absolute atomic E-state index is 0.105. The van der Waals surface area contributed by atoms with E-state index in [-0.39, 0.29) is 11.6 Å². The molecule has 0 bridgehead atoms. The van der Waals surface area contributed by atoms with Crippen molar-refractivity contribution in [2.45, 2.75) is 31.9 Å². The second-order valence-electron chi connectivity index (χ2n) is 4.82. The molecule has 0 fully saturated rings. The summed E-state index contributed by atoms with van der Waals surface area (Å²) in [6.07, 6.45) is 0.876. The summed E-state index contributed by atoms with van der Waals surface area (Å²) in [5, 5.41) is 0. The molecule has 2 rings (SSSR count). The molecule has 1 aliphatic rings. The van der Waals surface area contributed by atoms with Crippen LogP contribution in [0.15, 0.2) is 35.3 Å². The fourth-order valence-electron chi connectivity index (χ4n) is 1.95. The molecule has 17 heavy (non-hydrogen) atoms. The van der Waals surface area contributed by atoms with Crippen LogP contribution in [0.5, 0.6) is 0 Å². The van der Waals surface area contributed by atoms with E-state index in [9.17, 15) is 0 Å². The van der Waals surface area contributed by atoms with Gasteiger partial charge in [0.2, 0.25) is 5.90 Å². The van der Waals surface area contributed by atoms with Gasteiger partial charge in [-0.1, -0.05) is 30.3 Å². The first-order valence-corrected chi connectivity index (χ1v) is 5.90. The molecule has 0 aliphatic carbocycles. The van der Waals surface area contributed by atoms with E-state index in [4.69, 9.17) is 9.47 Å². The summed E-state index contributed by atoms with van der Waals surface area (Å²) in [4.78, 5) is 4.62. The van der Waals surface area contributed by atoms with Gasteiger partial charge >= 0.3 is 0 Å². The fraction of sp³-hybridized carbons (Fsp3) is 0.500. The van der Waals surface area contributed by atoms with Gasteiger partial charge in [-0.25, -0.2) is 4.99 Å². The molecule has 1 heterocycles. The highest BCUT2D eigenvalue weighted by atomic mass is 16.5. The summed E-state index contributed by atoms with van der Waals surface area (Å²) in [6.45, 7) is 4.63. The second kappa shape index (κ2) is 4.88. The van der Waals surface area contributed by atoms with E-state index >= 15 is 0 Å². The molecule has 0 N–H and O–H groups in total. The van der Waals surface area contributed by atoms with Crippen LogP contribution in [-0.4, -0.2) is 31.3 Å². The first-order chi connectivity index (χ1) is 8.12. The Balaban J connectivity index is 2.17. The zero-order valence-corrected chi connectivity index (χ0v) is 10.6. The normalized spacial score (nSPS) is 23.0. The molecule has 1 aromatic rings. The smallest absolute Gasteiger partial charge is 0.210 e. The molecule has 1 aliphatic heterocycles. The number of rotatable bonds is 2. The maximum atomic E-state index is 5.80. The van der Waals surface area contributed by atoms with Crippen molar-refractivity contribution in [2.75, 3.05) is 13.7 Å². The quantitative estimate of drug-likeness (QED) is 0.785. The third-order valence-corrected chi connectivity index (χ3v) is 3.18. The van der Waals surface area contributed by atoms with Crippen molar-refractivity contribution < 1.29 is 9.47 Å². The number of nitrogens with zero attached hydrogens (tertiary/aromatic N) is 1. The monoisotopic (exact) mass is 233 g/mol. The SMILES string of the molecule is COC1=N[C@@H](Cc2ccccc2)C(C)(C)OC1. The van der Waals surface area contributed by atoms with Crippen molar-refractivity contribution in [3.63, 3.8) is 0 Å². The standard InChI is InChI=1S/C14H19NO2/c1-14(2)12(15-13(16-3)10-17-14)9-11-7-5-4-6-8-11/h4-8,12H,9-10H2,1-3H3/t12-/m0/s1. The Bertz CT molecular complexity index is 398. The molecule has 0 unspecified atom stereocenters. The van der Waals surface area contributed by atoms with Gasteiger partial charge in [0.25, 0.3) is 0 Å². The first kappa shape index (κ1) is 12.1. The van der Waals surface area contributed by atoms with E-state index in [0.717, 1.165) is 6.42 Å². The van der Waals surface area contributed by atoms with Crippen LogP contribution >= 0.6 is 0 Å². The summed E-state index contributed by atoms with van der Waals surface area (Å²) in [7, 11) is 1.64. The van der Waals surface area contributed by atoms with Crippen molar-refractivity contribution in [3.05, 3.63) is 35.9 Å². The van der Waals surface area contributed by atoms with Crippen molar-refractivity contribution in [3.8, 4) is 0 Å². The molecular formula is C14H19NO2. The number of ether oxygens (including phenoxy) is 2. The zero-order chi connectivity index (χ0) is 12.3. The minimum atomic E-state index is -0.238. The molecule has 1 aromatic carbocycles. The molecule has 0 saturated heterocycles. The van der Waals surface area contributed by atoms with Crippen molar-refractivity contribution in [2.24, 2.45) is 4.99 Å². The van der Waals surface area contributed by atoms with Crippen LogP contribution in [0.2, 0.25) is 0 Å². The predicted molar refractivity (Wildman–Crippen MR) is 68.4 cm³/mol. The van der Waals surface area contributed by atoms with Crippen LogP contribution in [0.25, 0.3) is 0 Å². The molecule has 0 radical (unpaired) electrons. The van der Waals surface area contributed by atoms with E-state index < -0.39 is 0 Å². The average molecular weight is 233 g/mol. The van der Waals surface area contributed by atoms with Gasteiger partial charge in [0.15, 0.2) is 0 Å². The largest absolute Gasteiger partial charge is 0.483 e. The van der Waals surface area contributed by atoms with Crippen molar-refractivity contribution >= 4 is 5.90 Å². The van der Waals surface area contributed by atoms with Crippen LogP contribution in [0.3, 0.4) is 0 Å². The Hall–Kier alpha value is -1.35. The number of methoxy groups -OCH3 is 1. The molecule has 0 aromatic heterocycles. The lowest BCUT2D eigenvalue weighted by atomic mass is 9.92. The maximum Gasteiger partial charge on any atom is 0.210 e. The van der Waals surface area contributed by atoms with Crippen LogP contribution in [-0.2, 0) is 15.9 Å². The van der Waals surface area contributed by atoms with Crippen LogP contribution in [0.4, 0.5) is 0 Å². The second-order valence-corrected chi connectivity index (χ2v) is 4.82. The Morgan fingerprint density at radius 1 is 1.35 bits per heavy atom. The summed E-state index contributed by atoms with van der Waals surface area (Å²) >= 11 is 0. The van der Waals surface area contributed by atoms with Crippen LogP contribution in [0.1, 0.15) is 19.4 Å². The molecule has 0 saturated carbocycles. The highest BCUT2D eigenvalue weighted by Gasteiger charge is 2.34. The van der Waals surface area contributed by atoms with E-state index in [2.05, 4.69) is 31.0 Å². The van der Waals surface area contributed by atoms with Gasteiger partial charge in [0.05, 0.1) is 18.8 Å². The van der Waals surface area contributed by atoms with Gasteiger partial charge < -0.3 is 9.47 Å². The fourth-order valence-corrected chi connectivity index (χ4v) is 1.95. The van der Waals surface area contributed by atoms with Gasteiger partial charge in [-0.3, -0.25) is 0 Å². The maximum absolute atomic E-state index is 5.80. The van der Waals surface area contributed by atoms with Crippen LogP contribution in [0, 0.1) is 0 Å². The topological polar surface area (TPSA) is 30.8 Å². The lowest BCUT2D eigenvalue weighted by Gasteiger charge is -2.35. The molecule has 3 heteroatoms. The Labute approximate surface area is 102 Å². The first-order valence-electron chi connectivity index (χ1n) is 5.90. The Morgan fingerprint density at radius 2 is 2.06 bits per heavy atom. The number of hydrogen-bond donors (Lipinski definition) is 0. The van der Waals surface area contributed by atoms with Gasteiger partial charge in [0.1, 0.15) is 6.61 Å². The minimum Gasteiger partial charge on any atom is -0.483 e. The van der Waals surface area contributed by atoms with Crippen LogP contribution < -0.4 is 0 Å². The molecule has 1 atom stereocenters. The van der Waals surface area contributed by atoms with Gasteiger partial charge in [0, 0.05) is 0 Å². The van der Waals surface area contributed by atoms with E-state index in [0.29, 0.717) is 12.5 Å².